The van der Waals surface area contributed by atoms with Gasteiger partial charge in [-0.25, -0.2) is 4.79 Å². The highest BCUT2D eigenvalue weighted by atomic mass is 16.4. The molecule has 0 amide bonds. The number of ketones is 1. The SMILES string of the molecule is CC(=O)c1cc(O)cc(C(=O)O)c1O. The lowest BCUT2D eigenvalue weighted by Crippen LogP contribution is -2.01. The summed E-state index contributed by atoms with van der Waals surface area (Å²) in [6, 6.07) is 1.90. The predicted octanol–water partition coefficient (Wildman–Crippen LogP) is 0.999. The number of carbonyl (C=O) groups is 2. The monoisotopic (exact) mass is 196 g/mol. The van der Waals surface area contributed by atoms with Crippen molar-refractivity contribution in [2.45, 2.75) is 6.92 Å². The number of hydrogen-bond donors (Lipinski definition) is 3. The van der Waals surface area contributed by atoms with Crippen LogP contribution in [-0.4, -0.2) is 27.1 Å². The Morgan fingerprint density at radius 3 is 2.07 bits per heavy atom. The third-order valence-electron chi connectivity index (χ3n) is 1.70. The van der Waals surface area contributed by atoms with Gasteiger partial charge in [-0.05, 0) is 19.1 Å². The zero-order chi connectivity index (χ0) is 10.9. The molecule has 0 fully saturated rings. The summed E-state index contributed by atoms with van der Waals surface area (Å²) in [5.74, 6) is -2.91. The van der Waals surface area contributed by atoms with Crippen LogP contribution in [0.5, 0.6) is 11.5 Å². The van der Waals surface area contributed by atoms with Crippen molar-refractivity contribution in [3.05, 3.63) is 23.3 Å². The molecule has 1 aromatic rings. The van der Waals surface area contributed by atoms with Crippen molar-refractivity contribution < 1.29 is 24.9 Å². The van der Waals surface area contributed by atoms with Gasteiger partial charge in [0.15, 0.2) is 5.78 Å². The summed E-state index contributed by atoms with van der Waals surface area (Å²) < 4.78 is 0. The quantitative estimate of drug-likeness (QED) is 0.484. The average molecular weight is 196 g/mol. The molecular weight excluding hydrogens is 188 g/mol. The molecule has 0 heterocycles. The van der Waals surface area contributed by atoms with Gasteiger partial charge in [0.25, 0.3) is 0 Å². The largest absolute Gasteiger partial charge is 0.508 e. The fourth-order valence-corrected chi connectivity index (χ4v) is 1.05. The number of carboxylic acid groups (broad SMARTS) is 1. The number of carbonyl (C=O) groups excluding carboxylic acids is 1. The Bertz CT molecular complexity index is 373. The summed E-state index contributed by atoms with van der Waals surface area (Å²) in [6.45, 7) is 1.17. The van der Waals surface area contributed by atoms with Crippen LogP contribution in [0.4, 0.5) is 0 Å². The average Bonchev–Trinajstić information content (AvgIpc) is 2.07. The second kappa shape index (κ2) is 3.37. The molecule has 0 unspecified atom stereocenters. The van der Waals surface area contributed by atoms with Crippen molar-refractivity contribution >= 4 is 11.8 Å². The Morgan fingerprint density at radius 2 is 1.64 bits per heavy atom. The van der Waals surface area contributed by atoms with Gasteiger partial charge < -0.3 is 15.3 Å². The highest BCUT2D eigenvalue weighted by molar-refractivity contribution is 6.02. The summed E-state index contributed by atoms with van der Waals surface area (Å²) in [5.41, 5.74) is -0.697. The van der Waals surface area contributed by atoms with Crippen LogP contribution < -0.4 is 0 Å². The van der Waals surface area contributed by atoms with Crippen LogP contribution in [-0.2, 0) is 0 Å². The number of hydrogen-bond acceptors (Lipinski definition) is 4. The van der Waals surface area contributed by atoms with E-state index in [4.69, 9.17) is 10.2 Å². The van der Waals surface area contributed by atoms with Crippen LogP contribution in [0.2, 0.25) is 0 Å². The van der Waals surface area contributed by atoms with E-state index >= 15 is 0 Å². The molecular formula is C9H8O5. The lowest BCUT2D eigenvalue weighted by atomic mass is 10.1. The first kappa shape index (κ1) is 10.0. The first-order valence-electron chi connectivity index (χ1n) is 3.73. The number of benzene rings is 1. The second-order valence-corrected chi connectivity index (χ2v) is 2.75. The predicted molar refractivity (Wildman–Crippen MR) is 46.7 cm³/mol. The van der Waals surface area contributed by atoms with Crippen LogP contribution in [0, 0.1) is 0 Å². The van der Waals surface area contributed by atoms with Crippen molar-refractivity contribution in [3.8, 4) is 11.5 Å². The van der Waals surface area contributed by atoms with E-state index in [1.807, 2.05) is 0 Å². The molecule has 1 rings (SSSR count). The zero-order valence-corrected chi connectivity index (χ0v) is 7.31. The lowest BCUT2D eigenvalue weighted by molar-refractivity contribution is 0.0693. The Balaban J connectivity index is 3.47. The maximum atomic E-state index is 10.9. The van der Waals surface area contributed by atoms with Gasteiger partial charge in [-0.2, -0.15) is 0 Å². The van der Waals surface area contributed by atoms with Crippen LogP contribution in [0.15, 0.2) is 12.1 Å². The molecule has 0 radical (unpaired) electrons. The fraction of sp³-hybridized carbons (Fsp3) is 0.111. The van der Waals surface area contributed by atoms with Crippen molar-refractivity contribution in [2.24, 2.45) is 0 Å². The first-order valence-corrected chi connectivity index (χ1v) is 3.73. The van der Waals surface area contributed by atoms with E-state index in [2.05, 4.69) is 0 Å². The fourth-order valence-electron chi connectivity index (χ4n) is 1.05. The van der Waals surface area contributed by atoms with Crippen molar-refractivity contribution in [1.29, 1.82) is 0 Å². The Hall–Kier alpha value is -2.04. The smallest absolute Gasteiger partial charge is 0.339 e. The van der Waals surface area contributed by atoms with Gasteiger partial charge in [-0.1, -0.05) is 0 Å². The molecule has 0 aromatic heterocycles. The molecule has 0 saturated carbocycles. The summed E-state index contributed by atoms with van der Waals surface area (Å²) in [7, 11) is 0. The molecule has 14 heavy (non-hydrogen) atoms. The van der Waals surface area contributed by atoms with E-state index in [1.165, 1.54) is 6.92 Å². The number of phenolic OH excluding ortho intramolecular Hbond substituents is 1. The van der Waals surface area contributed by atoms with E-state index < -0.39 is 23.1 Å². The Labute approximate surface area is 79.2 Å². The molecule has 1 aromatic carbocycles. The van der Waals surface area contributed by atoms with E-state index in [-0.39, 0.29) is 11.3 Å². The number of aromatic carboxylic acids is 1. The van der Waals surface area contributed by atoms with Gasteiger partial charge in [0.2, 0.25) is 0 Å². The molecule has 0 spiro atoms. The summed E-state index contributed by atoms with van der Waals surface area (Å²) >= 11 is 0. The van der Waals surface area contributed by atoms with E-state index in [0.29, 0.717) is 0 Å². The van der Waals surface area contributed by atoms with Crippen molar-refractivity contribution in [3.63, 3.8) is 0 Å². The number of aromatic hydroxyl groups is 2. The van der Waals surface area contributed by atoms with Crippen LogP contribution in [0.25, 0.3) is 0 Å². The minimum Gasteiger partial charge on any atom is -0.508 e. The number of Topliss-reactive ketones (excluding diaryl/α,β-unsaturated/α-hetero) is 1. The molecule has 0 atom stereocenters. The molecule has 0 aliphatic rings. The normalized spacial score (nSPS) is 9.79. The molecule has 0 aliphatic carbocycles. The highest BCUT2D eigenvalue weighted by Gasteiger charge is 2.17. The van der Waals surface area contributed by atoms with E-state index in [1.54, 1.807) is 0 Å². The van der Waals surface area contributed by atoms with Gasteiger partial charge >= 0.3 is 5.97 Å². The maximum absolute atomic E-state index is 10.9. The van der Waals surface area contributed by atoms with E-state index in [9.17, 15) is 14.7 Å². The number of rotatable bonds is 2. The lowest BCUT2D eigenvalue weighted by Gasteiger charge is -2.04. The summed E-state index contributed by atoms with van der Waals surface area (Å²) in [5, 5.41) is 27.0. The number of carboxylic acids is 1. The molecule has 0 aliphatic heterocycles. The van der Waals surface area contributed by atoms with Gasteiger partial charge in [-0.15, -0.1) is 0 Å². The topological polar surface area (TPSA) is 94.8 Å². The molecule has 0 saturated heterocycles. The third-order valence-corrected chi connectivity index (χ3v) is 1.70. The molecule has 0 bridgehead atoms. The zero-order valence-electron chi connectivity index (χ0n) is 7.31. The Morgan fingerprint density at radius 1 is 1.14 bits per heavy atom. The standard InChI is InChI=1S/C9H8O5/c1-4(10)6-2-5(11)3-7(8(6)12)9(13)14/h2-3,11-12H,1H3,(H,13,14). The van der Waals surface area contributed by atoms with Crippen LogP contribution in [0.3, 0.4) is 0 Å². The molecule has 74 valence electrons. The molecule has 3 N–H and O–H groups in total. The first-order chi connectivity index (χ1) is 6.43. The van der Waals surface area contributed by atoms with Gasteiger partial charge in [0, 0.05) is 0 Å². The molecule has 5 nitrogen and oxygen atoms in total. The van der Waals surface area contributed by atoms with Gasteiger partial charge in [0.05, 0.1) is 5.56 Å². The number of phenols is 2. The summed E-state index contributed by atoms with van der Waals surface area (Å²) in [4.78, 5) is 21.5. The van der Waals surface area contributed by atoms with Crippen molar-refractivity contribution in [1.82, 2.24) is 0 Å². The highest BCUT2D eigenvalue weighted by Crippen LogP contribution is 2.28. The van der Waals surface area contributed by atoms with Crippen LogP contribution >= 0.6 is 0 Å². The molecule has 5 heteroatoms. The van der Waals surface area contributed by atoms with Gasteiger partial charge in [-0.3, -0.25) is 4.79 Å². The van der Waals surface area contributed by atoms with Gasteiger partial charge in [0.1, 0.15) is 17.1 Å². The van der Waals surface area contributed by atoms with Crippen LogP contribution in [0.1, 0.15) is 27.6 Å². The second-order valence-electron chi connectivity index (χ2n) is 2.75. The minimum absolute atomic E-state index is 0.206. The van der Waals surface area contributed by atoms with E-state index in [0.717, 1.165) is 12.1 Å². The maximum Gasteiger partial charge on any atom is 0.339 e. The minimum atomic E-state index is -1.40. The summed E-state index contributed by atoms with van der Waals surface area (Å²) in [6.07, 6.45) is 0. The van der Waals surface area contributed by atoms with Crippen molar-refractivity contribution in [2.75, 3.05) is 0 Å². The third kappa shape index (κ3) is 1.66. The Kier molecular flexibility index (Phi) is 2.42.